The molecule has 0 aliphatic carbocycles. The molecule has 24 heavy (non-hydrogen) atoms. The minimum Gasteiger partial charge on any atom is -0.493 e. The molecule has 2 aromatic carbocycles. The lowest BCUT2D eigenvalue weighted by Gasteiger charge is -2.22. The van der Waals surface area contributed by atoms with E-state index in [1.54, 1.807) is 34.5 Å². The summed E-state index contributed by atoms with van der Waals surface area (Å²) in [6, 6.07) is 1.78. The molecule has 0 aromatic heterocycles. The molecule has 0 unspecified atom stereocenters. The minimum atomic E-state index is 0.398. The zero-order valence-electron chi connectivity index (χ0n) is 14.9. The lowest BCUT2D eigenvalue weighted by atomic mass is 10.0. The number of hydrogen-bond acceptors (Lipinski definition) is 7. The van der Waals surface area contributed by atoms with Crippen LogP contribution in [0, 0.1) is 0 Å². The number of benzene rings is 2. The molecule has 0 aliphatic heterocycles. The Balaban J connectivity index is 3.14. The molecule has 7 heteroatoms. The maximum atomic E-state index is 5.57. The average molecular weight is 338 g/mol. The third-order valence-corrected chi connectivity index (χ3v) is 3.74. The predicted octanol–water partition coefficient (Wildman–Crippen LogP) is 2.90. The summed E-state index contributed by atoms with van der Waals surface area (Å²) in [5, 5.41) is 1.31. The van der Waals surface area contributed by atoms with Crippen molar-refractivity contribution in [3.05, 3.63) is 6.07 Å². The zero-order valence-corrected chi connectivity index (χ0v) is 14.9. The van der Waals surface area contributed by atoms with Crippen LogP contribution in [0.15, 0.2) is 6.07 Å². The van der Waals surface area contributed by atoms with Gasteiger partial charge in [0.15, 0.2) is 23.0 Å². The quantitative estimate of drug-likeness (QED) is 0.769. The standard InChI is InChI=1S/C17H22O7/c1-18-10-8-9-11(14(21-4)13(10)20-3)15(22-5)17(24-7)16(23-6)12(9)19-2/h8H,1-7H3. The van der Waals surface area contributed by atoms with Crippen molar-refractivity contribution in [2.24, 2.45) is 0 Å². The number of fused-ring (bicyclic) bond motifs is 1. The van der Waals surface area contributed by atoms with E-state index in [4.69, 9.17) is 33.2 Å². The molecular formula is C17H22O7. The third-order valence-electron chi connectivity index (χ3n) is 3.74. The average Bonchev–Trinajstić information content (AvgIpc) is 2.63. The number of hydrogen-bond donors (Lipinski definition) is 0. The zero-order chi connectivity index (χ0) is 17.9. The van der Waals surface area contributed by atoms with Crippen LogP contribution in [0.1, 0.15) is 0 Å². The Morgan fingerprint density at radius 3 is 1.29 bits per heavy atom. The summed E-state index contributed by atoms with van der Waals surface area (Å²) in [7, 11) is 10.8. The molecule has 0 saturated heterocycles. The maximum absolute atomic E-state index is 5.57. The molecule has 2 rings (SSSR count). The Morgan fingerprint density at radius 2 is 0.875 bits per heavy atom. The van der Waals surface area contributed by atoms with Gasteiger partial charge in [-0.05, 0) is 6.07 Å². The summed E-state index contributed by atoms with van der Waals surface area (Å²) in [5.41, 5.74) is 0. The van der Waals surface area contributed by atoms with Crippen molar-refractivity contribution >= 4 is 10.8 Å². The SMILES string of the molecule is COc1cc2c(OC)c(OC)c(OC)c(OC)c2c(OC)c1OC. The van der Waals surface area contributed by atoms with E-state index in [9.17, 15) is 0 Å². The van der Waals surface area contributed by atoms with Crippen molar-refractivity contribution in [2.45, 2.75) is 0 Å². The summed E-state index contributed by atoms with van der Waals surface area (Å²) in [4.78, 5) is 0. The fourth-order valence-corrected chi connectivity index (χ4v) is 2.77. The van der Waals surface area contributed by atoms with E-state index in [-0.39, 0.29) is 0 Å². The van der Waals surface area contributed by atoms with Gasteiger partial charge in [-0.1, -0.05) is 0 Å². The normalized spacial score (nSPS) is 10.3. The van der Waals surface area contributed by atoms with Crippen LogP contribution < -0.4 is 33.2 Å². The van der Waals surface area contributed by atoms with Gasteiger partial charge in [-0.25, -0.2) is 0 Å². The smallest absolute Gasteiger partial charge is 0.208 e. The van der Waals surface area contributed by atoms with E-state index in [0.717, 1.165) is 0 Å². The van der Waals surface area contributed by atoms with E-state index in [1.807, 2.05) is 0 Å². The summed E-state index contributed by atoms with van der Waals surface area (Å²) < 4.78 is 38.5. The lowest BCUT2D eigenvalue weighted by Crippen LogP contribution is -2.02. The third kappa shape index (κ3) is 2.46. The Hall–Kier alpha value is -2.70. The van der Waals surface area contributed by atoms with Crippen LogP contribution in [0.25, 0.3) is 10.8 Å². The summed E-state index contributed by atoms with van der Waals surface area (Å²) in [5.74, 6) is 3.12. The Bertz CT molecular complexity index is 730. The number of methoxy groups -OCH3 is 7. The molecule has 0 amide bonds. The van der Waals surface area contributed by atoms with Gasteiger partial charge in [0, 0.05) is 5.39 Å². The molecule has 0 atom stereocenters. The molecule has 0 N–H and O–H groups in total. The Labute approximate surface area is 140 Å². The summed E-state index contributed by atoms with van der Waals surface area (Å²) in [6.45, 7) is 0. The molecule has 0 saturated carbocycles. The highest BCUT2D eigenvalue weighted by molar-refractivity contribution is 6.05. The van der Waals surface area contributed by atoms with Crippen LogP contribution in [0.5, 0.6) is 40.2 Å². The highest BCUT2D eigenvalue weighted by Gasteiger charge is 2.29. The monoisotopic (exact) mass is 338 g/mol. The minimum absolute atomic E-state index is 0.398. The fourth-order valence-electron chi connectivity index (χ4n) is 2.77. The van der Waals surface area contributed by atoms with Crippen LogP contribution in [-0.2, 0) is 0 Å². The van der Waals surface area contributed by atoms with Crippen LogP contribution in [0.2, 0.25) is 0 Å². The molecule has 132 valence electrons. The van der Waals surface area contributed by atoms with Crippen LogP contribution in [-0.4, -0.2) is 49.8 Å². The molecule has 2 aromatic rings. The lowest BCUT2D eigenvalue weighted by molar-refractivity contribution is 0.306. The highest BCUT2D eigenvalue weighted by Crippen LogP contribution is 2.57. The van der Waals surface area contributed by atoms with Gasteiger partial charge in [0.25, 0.3) is 0 Å². The second-order valence-electron chi connectivity index (χ2n) is 4.70. The van der Waals surface area contributed by atoms with Crippen molar-refractivity contribution in [1.82, 2.24) is 0 Å². The maximum Gasteiger partial charge on any atom is 0.208 e. The number of ether oxygens (including phenoxy) is 7. The van der Waals surface area contributed by atoms with Crippen LogP contribution in [0.3, 0.4) is 0 Å². The largest absolute Gasteiger partial charge is 0.493 e. The topological polar surface area (TPSA) is 64.6 Å². The van der Waals surface area contributed by atoms with Crippen molar-refractivity contribution in [3.63, 3.8) is 0 Å². The molecule has 0 radical (unpaired) electrons. The van der Waals surface area contributed by atoms with E-state index in [2.05, 4.69) is 0 Å². The van der Waals surface area contributed by atoms with Gasteiger partial charge >= 0.3 is 0 Å². The predicted molar refractivity (Wildman–Crippen MR) is 89.8 cm³/mol. The summed E-state index contributed by atoms with van der Waals surface area (Å²) in [6.07, 6.45) is 0. The Morgan fingerprint density at radius 1 is 0.458 bits per heavy atom. The molecule has 7 nitrogen and oxygen atoms in total. The first-order chi connectivity index (χ1) is 11.6. The molecule has 0 bridgehead atoms. The van der Waals surface area contributed by atoms with Crippen LogP contribution >= 0.6 is 0 Å². The van der Waals surface area contributed by atoms with E-state index < -0.39 is 0 Å². The second-order valence-corrected chi connectivity index (χ2v) is 4.70. The van der Waals surface area contributed by atoms with E-state index in [0.29, 0.717) is 51.0 Å². The van der Waals surface area contributed by atoms with Gasteiger partial charge < -0.3 is 33.2 Å². The molecule has 0 aliphatic rings. The van der Waals surface area contributed by atoms with E-state index >= 15 is 0 Å². The summed E-state index contributed by atoms with van der Waals surface area (Å²) >= 11 is 0. The van der Waals surface area contributed by atoms with Gasteiger partial charge in [0.2, 0.25) is 17.2 Å². The Kier molecular flexibility index (Phi) is 5.33. The van der Waals surface area contributed by atoms with Gasteiger partial charge in [-0.3, -0.25) is 0 Å². The first-order valence-corrected chi connectivity index (χ1v) is 7.11. The first-order valence-electron chi connectivity index (χ1n) is 7.11. The van der Waals surface area contributed by atoms with E-state index in [1.165, 1.54) is 21.3 Å². The van der Waals surface area contributed by atoms with Gasteiger partial charge in [-0.15, -0.1) is 0 Å². The molecule has 0 spiro atoms. The van der Waals surface area contributed by atoms with Crippen molar-refractivity contribution < 1.29 is 33.2 Å². The molecular weight excluding hydrogens is 316 g/mol. The van der Waals surface area contributed by atoms with Crippen LogP contribution in [0.4, 0.5) is 0 Å². The first kappa shape index (κ1) is 17.7. The van der Waals surface area contributed by atoms with Crippen molar-refractivity contribution in [3.8, 4) is 40.2 Å². The molecule has 0 fully saturated rings. The number of rotatable bonds is 7. The second kappa shape index (κ2) is 7.25. The van der Waals surface area contributed by atoms with Crippen molar-refractivity contribution in [2.75, 3.05) is 49.8 Å². The fraction of sp³-hybridized carbons (Fsp3) is 0.412. The van der Waals surface area contributed by atoms with Gasteiger partial charge in [-0.2, -0.15) is 0 Å². The van der Waals surface area contributed by atoms with Crippen molar-refractivity contribution in [1.29, 1.82) is 0 Å². The highest BCUT2D eigenvalue weighted by atomic mass is 16.6. The van der Waals surface area contributed by atoms with Gasteiger partial charge in [0.1, 0.15) is 0 Å². The van der Waals surface area contributed by atoms with Gasteiger partial charge in [0.05, 0.1) is 55.2 Å². The molecule has 0 heterocycles.